The second kappa shape index (κ2) is 9.50. The van der Waals surface area contributed by atoms with Crippen molar-refractivity contribution in [2.75, 3.05) is 0 Å². The molecule has 5 nitrogen and oxygen atoms in total. The minimum absolute atomic E-state index is 0.132. The standard InChI is InChI=1S/C22H17ClF4N2O3S/c23-16-6-9-18(10-7-16)33(31,32)29(20(21(28)30)14-4-2-1-3-5-14)13-15-12-17(24)8-11-19(15)22(25,26)27/h1-12,20H,13H2,(H2,28,30)/t20-/m1/s1. The predicted molar refractivity (Wildman–Crippen MR) is 114 cm³/mol. The maximum atomic E-state index is 13.9. The Balaban J connectivity index is 2.23. The lowest BCUT2D eigenvalue weighted by molar-refractivity contribution is -0.138. The number of primary amides is 1. The molecule has 0 heterocycles. The van der Waals surface area contributed by atoms with Crippen LogP contribution in [0.1, 0.15) is 22.7 Å². The zero-order valence-corrected chi connectivity index (χ0v) is 18.3. The van der Waals surface area contributed by atoms with Crippen molar-refractivity contribution in [3.8, 4) is 0 Å². The molecular weight excluding hydrogens is 484 g/mol. The van der Waals surface area contributed by atoms with Crippen LogP contribution in [0.3, 0.4) is 0 Å². The van der Waals surface area contributed by atoms with E-state index in [-0.39, 0.29) is 15.5 Å². The summed E-state index contributed by atoms with van der Waals surface area (Å²) in [7, 11) is -4.60. The summed E-state index contributed by atoms with van der Waals surface area (Å²) < 4.78 is 82.2. The van der Waals surface area contributed by atoms with E-state index in [0.29, 0.717) is 22.5 Å². The number of amides is 1. The summed E-state index contributed by atoms with van der Waals surface area (Å²) in [6.45, 7) is -0.972. The molecule has 0 aromatic heterocycles. The molecule has 1 amide bonds. The SMILES string of the molecule is NC(=O)[C@@H](c1ccccc1)N(Cc1cc(F)ccc1C(F)(F)F)S(=O)(=O)c1ccc(Cl)cc1. The fourth-order valence-corrected chi connectivity index (χ4v) is 4.99. The van der Waals surface area contributed by atoms with Gasteiger partial charge in [0.15, 0.2) is 0 Å². The molecule has 0 saturated carbocycles. The molecule has 1 atom stereocenters. The summed E-state index contributed by atoms with van der Waals surface area (Å²) >= 11 is 5.82. The largest absolute Gasteiger partial charge is 0.416 e. The number of sulfonamides is 1. The lowest BCUT2D eigenvalue weighted by Crippen LogP contribution is -2.41. The quantitative estimate of drug-likeness (QED) is 0.468. The van der Waals surface area contributed by atoms with Crippen molar-refractivity contribution in [1.82, 2.24) is 4.31 Å². The summed E-state index contributed by atoms with van der Waals surface area (Å²) in [6, 6.07) is 12.3. The molecular formula is C22H17ClF4N2O3S. The lowest BCUT2D eigenvalue weighted by Gasteiger charge is -2.30. The maximum absolute atomic E-state index is 13.9. The van der Waals surface area contributed by atoms with E-state index < -0.39 is 51.6 Å². The molecule has 3 rings (SSSR count). The second-order valence-electron chi connectivity index (χ2n) is 7.02. The normalized spacial score (nSPS) is 13.2. The van der Waals surface area contributed by atoms with E-state index in [0.717, 1.165) is 12.1 Å². The molecule has 0 saturated heterocycles. The van der Waals surface area contributed by atoms with Gasteiger partial charge in [0.25, 0.3) is 0 Å². The van der Waals surface area contributed by atoms with E-state index in [1.54, 1.807) is 6.07 Å². The molecule has 3 aromatic carbocycles. The number of benzene rings is 3. The first kappa shape index (κ1) is 24.7. The average molecular weight is 501 g/mol. The topological polar surface area (TPSA) is 80.5 Å². The average Bonchev–Trinajstić information content (AvgIpc) is 2.73. The number of halogens is 5. The third-order valence-electron chi connectivity index (χ3n) is 4.79. The van der Waals surface area contributed by atoms with Gasteiger partial charge in [-0.05, 0) is 53.6 Å². The van der Waals surface area contributed by atoms with Crippen molar-refractivity contribution in [3.63, 3.8) is 0 Å². The third kappa shape index (κ3) is 5.52. The molecule has 0 aliphatic carbocycles. The van der Waals surface area contributed by atoms with Crippen LogP contribution in [0.15, 0.2) is 77.7 Å². The molecule has 0 unspecified atom stereocenters. The van der Waals surface area contributed by atoms with Crippen LogP contribution in [0.4, 0.5) is 17.6 Å². The zero-order chi connectivity index (χ0) is 24.4. The summed E-state index contributed by atoms with van der Waals surface area (Å²) in [5, 5.41) is 0.222. The van der Waals surface area contributed by atoms with Gasteiger partial charge in [0.1, 0.15) is 11.9 Å². The number of alkyl halides is 3. The van der Waals surface area contributed by atoms with Crippen molar-refractivity contribution >= 4 is 27.5 Å². The first-order chi connectivity index (χ1) is 15.4. The smallest absolute Gasteiger partial charge is 0.368 e. The van der Waals surface area contributed by atoms with Gasteiger partial charge in [-0.1, -0.05) is 41.9 Å². The summed E-state index contributed by atoms with van der Waals surface area (Å²) in [5.74, 6) is -2.12. The van der Waals surface area contributed by atoms with Gasteiger partial charge in [-0.25, -0.2) is 12.8 Å². The van der Waals surface area contributed by atoms with Gasteiger partial charge in [0, 0.05) is 11.6 Å². The third-order valence-corrected chi connectivity index (χ3v) is 6.87. The van der Waals surface area contributed by atoms with Gasteiger partial charge in [0.05, 0.1) is 10.5 Å². The predicted octanol–water partition coefficient (Wildman–Crippen LogP) is 4.92. The number of nitrogens with two attached hydrogens (primary N) is 1. The fourth-order valence-electron chi connectivity index (χ4n) is 3.30. The van der Waals surface area contributed by atoms with E-state index in [1.807, 2.05) is 0 Å². The van der Waals surface area contributed by atoms with Crippen LogP contribution in [0.25, 0.3) is 0 Å². The van der Waals surface area contributed by atoms with E-state index in [4.69, 9.17) is 17.3 Å². The molecule has 2 N–H and O–H groups in total. The molecule has 0 radical (unpaired) electrons. The highest BCUT2D eigenvalue weighted by Crippen LogP contribution is 2.36. The van der Waals surface area contributed by atoms with E-state index >= 15 is 0 Å². The Labute approximate surface area is 192 Å². The first-order valence-corrected chi connectivity index (χ1v) is 11.2. The fraction of sp³-hybridized carbons (Fsp3) is 0.136. The van der Waals surface area contributed by atoms with Gasteiger partial charge in [-0.3, -0.25) is 4.79 Å². The molecule has 174 valence electrons. The van der Waals surface area contributed by atoms with Crippen LogP contribution in [0.2, 0.25) is 5.02 Å². The Morgan fingerprint density at radius 1 is 1.00 bits per heavy atom. The van der Waals surface area contributed by atoms with Crippen molar-refractivity contribution in [3.05, 3.63) is 100 Å². The summed E-state index contributed by atoms with van der Waals surface area (Å²) in [6.07, 6.45) is -4.90. The Morgan fingerprint density at radius 3 is 2.15 bits per heavy atom. The van der Waals surface area contributed by atoms with Gasteiger partial charge in [-0.15, -0.1) is 0 Å². The number of carbonyl (C=O) groups excluding carboxylic acids is 1. The summed E-state index contributed by atoms with van der Waals surface area (Å²) in [5.41, 5.74) is 3.73. The molecule has 0 fully saturated rings. The lowest BCUT2D eigenvalue weighted by atomic mass is 10.0. The molecule has 0 spiro atoms. The van der Waals surface area contributed by atoms with Gasteiger partial charge >= 0.3 is 6.18 Å². The molecule has 0 aliphatic heterocycles. The van der Waals surface area contributed by atoms with Crippen LogP contribution >= 0.6 is 11.6 Å². The monoisotopic (exact) mass is 500 g/mol. The van der Waals surface area contributed by atoms with Crippen LogP contribution in [-0.4, -0.2) is 18.6 Å². The molecule has 3 aromatic rings. The Hall–Kier alpha value is -2.95. The minimum Gasteiger partial charge on any atom is -0.368 e. The Morgan fingerprint density at radius 2 is 1.61 bits per heavy atom. The van der Waals surface area contributed by atoms with Crippen LogP contribution < -0.4 is 5.73 Å². The zero-order valence-electron chi connectivity index (χ0n) is 16.8. The van der Waals surface area contributed by atoms with Crippen LogP contribution in [-0.2, 0) is 27.5 Å². The van der Waals surface area contributed by atoms with Crippen LogP contribution in [0.5, 0.6) is 0 Å². The highest BCUT2D eigenvalue weighted by Gasteiger charge is 2.39. The number of carbonyl (C=O) groups is 1. The molecule has 0 bridgehead atoms. The van der Waals surface area contributed by atoms with E-state index in [9.17, 15) is 30.8 Å². The highest BCUT2D eigenvalue weighted by molar-refractivity contribution is 7.89. The van der Waals surface area contributed by atoms with Crippen molar-refractivity contribution in [2.24, 2.45) is 5.73 Å². The van der Waals surface area contributed by atoms with Gasteiger partial charge in [0.2, 0.25) is 15.9 Å². The number of rotatable bonds is 7. The van der Waals surface area contributed by atoms with Crippen molar-refractivity contribution in [2.45, 2.75) is 23.7 Å². The molecule has 0 aliphatic rings. The minimum atomic E-state index is -4.90. The number of hydrogen-bond acceptors (Lipinski definition) is 3. The van der Waals surface area contributed by atoms with E-state index in [2.05, 4.69) is 0 Å². The van der Waals surface area contributed by atoms with Crippen molar-refractivity contribution in [1.29, 1.82) is 0 Å². The van der Waals surface area contributed by atoms with E-state index in [1.165, 1.54) is 36.4 Å². The first-order valence-electron chi connectivity index (χ1n) is 9.38. The summed E-state index contributed by atoms with van der Waals surface area (Å²) in [4.78, 5) is 12.1. The van der Waals surface area contributed by atoms with Crippen molar-refractivity contribution < 1.29 is 30.8 Å². The molecule has 11 heteroatoms. The Kier molecular flexibility index (Phi) is 7.11. The highest BCUT2D eigenvalue weighted by atomic mass is 35.5. The molecule has 33 heavy (non-hydrogen) atoms. The van der Waals surface area contributed by atoms with Gasteiger partial charge in [-0.2, -0.15) is 17.5 Å². The number of hydrogen-bond donors (Lipinski definition) is 1. The second-order valence-corrected chi connectivity index (χ2v) is 9.35. The van der Waals surface area contributed by atoms with Crippen LogP contribution in [0, 0.1) is 5.82 Å². The Bertz CT molecular complexity index is 1250. The number of nitrogens with zero attached hydrogens (tertiary/aromatic N) is 1. The maximum Gasteiger partial charge on any atom is 0.416 e. The van der Waals surface area contributed by atoms with Gasteiger partial charge < -0.3 is 5.73 Å².